The van der Waals surface area contributed by atoms with E-state index in [0.29, 0.717) is 30.1 Å². The summed E-state index contributed by atoms with van der Waals surface area (Å²) in [6, 6.07) is -0.345. The molecule has 3 aliphatic rings. The van der Waals surface area contributed by atoms with Crippen LogP contribution in [0.1, 0.15) is 37.0 Å². The third-order valence-corrected chi connectivity index (χ3v) is 8.24. The third-order valence-electron chi connectivity index (χ3n) is 8.05. The fourth-order valence-corrected chi connectivity index (χ4v) is 5.82. The van der Waals surface area contributed by atoms with Gasteiger partial charge >= 0.3 is 12.4 Å². The number of rotatable bonds is 6. The zero-order valence-electron chi connectivity index (χ0n) is 22.2. The molecule has 8 nitrogen and oxygen atoms in total. The smallest absolute Gasteiger partial charge is 0.356 e. The molecule has 16 heteroatoms. The summed E-state index contributed by atoms with van der Waals surface area (Å²) in [5.74, 6) is -4.87. The molecule has 2 saturated heterocycles. The Bertz CT molecular complexity index is 1280. The summed E-state index contributed by atoms with van der Waals surface area (Å²) in [4.78, 5) is 52.0. The highest BCUT2D eigenvalue weighted by Gasteiger charge is 2.69. The first kappa shape index (κ1) is 31.6. The van der Waals surface area contributed by atoms with E-state index in [1.54, 1.807) is 0 Å². The number of hydrazine groups is 1. The van der Waals surface area contributed by atoms with Gasteiger partial charge in [-0.25, -0.2) is 9.40 Å². The molecule has 4 amide bonds. The Morgan fingerprint density at radius 3 is 2.24 bits per heavy atom. The largest absolute Gasteiger partial charge is 0.416 e. The molecule has 0 bridgehead atoms. The van der Waals surface area contributed by atoms with Gasteiger partial charge in [-0.2, -0.15) is 26.3 Å². The van der Waals surface area contributed by atoms with Gasteiger partial charge in [0.15, 0.2) is 0 Å². The summed E-state index contributed by atoms with van der Waals surface area (Å²) in [5.41, 5.74) is -4.36. The number of benzene rings is 1. The second-order valence-electron chi connectivity index (χ2n) is 11.1. The number of nitrogens with zero attached hydrogens (tertiary/aromatic N) is 2. The lowest BCUT2D eigenvalue weighted by Crippen LogP contribution is -2.57. The molecule has 1 aromatic rings. The predicted octanol–water partition coefficient (Wildman–Crippen LogP) is 3.75. The number of halogens is 8. The van der Waals surface area contributed by atoms with E-state index in [0.717, 1.165) is 17.1 Å². The number of hydrogen-bond acceptors (Lipinski definition) is 4. The zero-order chi connectivity index (χ0) is 31.4. The SMILES string of the molecule is CC1(C)[C@@H]2[C@@H](C(=O)NN(C[C@@H]3CCNC3=O)C(=O)[C@H](F)Cl)N(C(=O)/C=C/c3cc(C(F)(F)F)cc(C(F)(F)F)c3)C[C@@H]21. The minimum atomic E-state index is -5.08. The molecule has 1 aromatic carbocycles. The van der Waals surface area contributed by atoms with E-state index in [4.69, 9.17) is 11.6 Å². The number of carbonyl (C=O) groups is 4. The fourth-order valence-electron chi connectivity index (χ4n) is 5.70. The maximum Gasteiger partial charge on any atom is 0.416 e. The number of fused-ring (bicyclic) bond motifs is 1. The summed E-state index contributed by atoms with van der Waals surface area (Å²) in [7, 11) is 0. The van der Waals surface area contributed by atoms with Gasteiger partial charge in [0, 0.05) is 19.2 Å². The van der Waals surface area contributed by atoms with Gasteiger partial charge in [-0.3, -0.25) is 24.6 Å². The topological polar surface area (TPSA) is 98.8 Å². The van der Waals surface area contributed by atoms with Crippen molar-refractivity contribution in [1.82, 2.24) is 20.7 Å². The van der Waals surface area contributed by atoms with Gasteiger partial charge in [0.2, 0.25) is 11.8 Å². The lowest BCUT2D eigenvalue weighted by Gasteiger charge is -2.32. The second-order valence-corrected chi connectivity index (χ2v) is 11.4. The van der Waals surface area contributed by atoms with E-state index >= 15 is 0 Å². The van der Waals surface area contributed by atoms with Crippen molar-refractivity contribution in [3.8, 4) is 0 Å². The Kier molecular flexibility index (Phi) is 8.30. The molecular weight excluding hydrogens is 601 g/mol. The molecule has 5 atom stereocenters. The Morgan fingerprint density at radius 2 is 1.74 bits per heavy atom. The van der Waals surface area contributed by atoms with Crippen LogP contribution in [0, 0.1) is 23.2 Å². The molecule has 2 aliphatic heterocycles. The summed E-state index contributed by atoms with van der Waals surface area (Å²) in [6.07, 6.45) is -8.31. The van der Waals surface area contributed by atoms with Crippen LogP contribution in [0.4, 0.5) is 30.7 Å². The molecule has 230 valence electrons. The summed E-state index contributed by atoms with van der Waals surface area (Å²) in [5, 5.41) is 3.13. The van der Waals surface area contributed by atoms with Crippen molar-refractivity contribution in [2.75, 3.05) is 19.6 Å². The molecule has 0 spiro atoms. The van der Waals surface area contributed by atoms with Crippen molar-refractivity contribution in [3.05, 3.63) is 41.0 Å². The first-order valence-corrected chi connectivity index (χ1v) is 13.2. The predicted molar refractivity (Wildman–Crippen MR) is 133 cm³/mol. The quantitative estimate of drug-likeness (QED) is 0.218. The van der Waals surface area contributed by atoms with E-state index in [1.807, 2.05) is 13.8 Å². The van der Waals surface area contributed by atoms with E-state index in [-0.39, 0.29) is 18.5 Å². The van der Waals surface area contributed by atoms with Gasteiger partial charge in [-0.1, -0.05) is 25.4 Å². The maximum atomic E-state index is 13.7. The van der Waals surface area contributed by atoms with E-state index < -0.39 is 88.1 Å². The van der Waals surface area contributed by atoms with E-state index in [9.17, 15) is 49.9 Å². The number of likely N-dealkylation sites (tertiary alicyclic amines) is 1. The average molecular weight is 627 g/mol. The summed E-state index contributed by atoms with van der Waals surface area (Å²) >= 11 is 5.30. The van der Waals surface area contributed by atoms with Crippen LogP contribution in [-0.4, -0.2) is 64.8 Å². The van der Waals surface area contributed by atoms with Gasteiger partial charge in [0.1, 0.15) is 6.04 Å². The maximum absolute atomic E-state index is 13.7. The summed E-state index contributed by atoms with van der Waals surface area (Å²) in [6.45, 7) is 3.63. The number of carbonyl (C=O) groups excluding carboxylic acids is 4. The minimum Gasteiger partial charge on any atom is -0.356 e. The molecular formula is C26H26ClF7N4O4. The van der Waals surface area contributed by atoms with Crippen molar-refractivity contribution in [2.45, 2.75) is 44.3 Å². The van der Waals surface area contributed by atoms with Crippen LogP contribution in [0.15, 0.2) is 24.3 Å². The van der Waals surface area contributed by atoms with Gasteiger partial charge in [-0.15, -0.1) is 0 Å². The molecule has 42 heavy (non-hydrogen) atoms. The number of piperidine rings is 1. The summed E-state index contributed by atoms with van der Waals surface area (Å²) < 4.78 is 93.0. The lowest BCUT2D eigenvalue weighted by molar-refractivity contribution is -0.148. The Balaban J connectivity index is 1.57. The van der Waals surface area contributed by atoms with Crippen molar-refractivity contribution in [1.29, 1.82) is 0 Å². The highest BCUT2D eigenvalue weighted by Crippen LogP contribution is 2.64. The van der Waals surface area contributed by atoms with Gasteiger partial charge in [0.05, 0.1) is 23.6 Å². The standard InChI is InChI=1S/C26H26ClF7N4O4/c1-24(2)16-11-37(17(39)4-3-12-7-14(25(29,30)31)9-15(8-12)26(32,33)34)19(18(16)24)22(41)36-38(23(42)20(27)28)10-13-5-6-35-21(13)40/h3-4,7-9,13,16,18-20H,5-6,10-11H2,1-2H3,(H,35,40)(H,36,41)/b4-3+/t13-,16-,18-,19-,20-/m0/s1. The fraction of sp³-hybridized carbons (Fsp3) is 0.538. The number of nitrogens with one attached hydrogen (secondary N) is 2. The van der Waals surface area contributed by atoms with Crippen molar-refractivity contribution in [2.24, 2.45) is 23.2 Å². The first-order valence-electron chi connectivity index (χ1n) is 12.8. The van der Waals surface area contributed by atoms with E-state index in [1.165, 1.54) is 0 Å². The molecule has 4 rings (SSSR count). The molecule has 0 radical (unpaired) electrons. The number of hydrogen-bond donors (Lipinski definition) is 2. The first-order chi connectivity index (χ1) is 19.3. The van der Waals surface area contributed by atoms with Gasteiger partial charge in [0.25, 0.3) is 17.4 Å². The van der Waals surface area contributed by atoms with Gasteiger partial charge in [-0.05, 0) is 53.5 Å². The normalized spacial score (nSPS) is 25.7. The number of alkyl halides is 8. The van der Waals surface area contributed by atoms with Gasteiger partial charge < -0.3 is 10.2 Å². The Labute approximate surface area is 240 Å². The third kappa shape index (κ3) is 6.35. The second kappa shape index (κ2) is 11.0. The van der Waals surface area contributed by atoms with Crippen LogP contribution >= 0.6 is 11.6 Å². The molecule has 3 fully saturated rings. The van der Waals surface area contributed by atoms with E-state index in [2.05, 4.69) is 10.7 Å². The monoisotopic (exact) mass is 626 g/mol. The molecule has 1 aliphatic carbocycles. The van der Waals surface area contributed by atoms with Crippen LogP contribution in [-0.2, 0) is 31.5 Å². The number of amides is 4. The highest BCUT2D eigenvalue weighted by molar-refractivity contribution is 6.29. The van der Waals surface area contributed by atoms with Crippen LogP contribution in [0.3, 0.4) is 0 Å². The lowest BCUT2D eigenvalue weighted by atomic mass is 10.00. The van der Waals surface area contributed by atoms with Crippen molar-refractivity contribution in [3.63, 3.8) is 0 Å². The molecule has 2 heterocycles. The Hall–Kier alpha value is -3.36. The zero-order valence-corrected chi connectivity index (χ0v) is 22.9. The van der Waals surface area contributed by atoms with Crippen LogP contribution < -0.4 is 10.7 Å². The van der Waals surface area contributed by atoms with Crippen LogP contribution in [0.2, 0.25) is 0 Å². The minimum absolute atomic E-state index is 0.0372. The molecule has 1 saturated carbocycles. The average Bonchev–Trinajstić information content (AvgIpc) is 3.23. The molecule has 0 unspecified atom stereocenters. The highest BCUT2D eigenvalue weighted by atomic mass is 35.5. The molecule has 0 aromatic heterocycles. The van der Waals surface area contributed by atoms with Crippen molar-refractivity contribution >= 4 is 41.3 Å². The van der Waals surface area contributed by atoms with Crippen molar-refractivity contribution < 1.29 is 49.9 Å². The Morgan fingerprint density at radius 1 is 1.14 bits per heavy atom. The molecule has 2 N–H and O–H groups in total. The van der Waals surface area contributed by atoms with Crippen LogP contribution in [0.25, 0.3) is 6.08 Å². The van der Waals surface area contributed by atoms with Crippen LogP contribution in [0.5, 0.6) is 0 Å².